The number of aliphatic carboxylic acids is 1. The van der Waals surface area contributed by atoms with Gasteiger partial charge in [-0.25, -0.2) is 0 Å². The summed E-state index contributed by atoms with van der Waals surface area (Å²) in [6.45, 7) is 2.50. The second-order valence-corrected chi connectivity index (χ2v) is 6.47. The van der Waals surface area contributed by atoms with Gasteiger partial charge in [0.25, 0.3) is 5.91 Å². The molecule has 0 bridgehead atoms. The van der Waals surface area contributed by atoms with E-state index in [1.807, 2.05) is 12.3 Å². The van der Waals surface area contributed by atoms with E-state index in [1.165, 1.54) is 23.3 Å². The van der Waals surface area contributed by atoms with Gasteiger partial charge in [0, 0.05) is 23.2 Å². The van der Waals surface area contributed by atoms with E-state index in [0.29, 0.717) is 13.0 Å². The Morgan fingerprint density at radius 1 is 1.40 bits per heavy atom. The Labute approximate surface area is 123 Å². The molecule has 0 fully saturated rings. The maximum atomic E-state index is 12.2. The average molecular weight is 295 g/mol. The van der Waals surface area contributed by atoms with E-state index >= 15 is 0 Å². The van der Waals surface area contributed by atoms with Crippen LogP contribution < -0.4 is 5.32 Å². The molecule has 1 aromatic rings. The molecule has 4 nitrogen and oxygen atoms in total. The molecule has 1 unspecified atom stereocenters. The molecule has 0 saturated carbocycles. The number of fused-ring (bicyclic) bond motifs is 1. The highest BCUT2D eigenvalue weighted by molar-refractivity contribution is 7.10. The first-order valence-corrected chi connectivity index (χ1v) is 8.05. The number of carboxylic acid groups (broad SMARTS) is 1. The van der Waals surface area contributed by atoms with Gasteiger partial charge in [-0.05, 0) is 43.6 Å². The molecule has 2 N–H and O–H groups in total. The number of hydrogen-bond donors (Lipinski definition) is 2. The van der Waals surface area contributed by atoms with E-state index in [-0.39, 0.29) is 18.2 Å². The zero-order valence-electron chi connectivity index (χ0n) is 11.8. The van der Waals surface area contributed by atoms with Crippen molar-refractivity contribution >= 4 is 23.2 Å². The Morgan fingerprint density at radius 2 is 2.15 bits per heavy atom. The molecule has 5 heteroatoms. The van der Waals surface area contributed by atoms with Gasteiger partial charge in [-0.3, -0.25) is 9.59 Å². The molecule has 1 aliphatic carbocycles. The van der Waals surface area contributed by atoms with Crippen molar-refractivity contribution in [2.75, 3.05) is 6.54 Å². The quantitative estimate of drug-likeness (QED) is 0.848. The fraction of sp³-hybridized carbons (Fsp3) is 0.600. The van der Waals surface area contributed by atoms with Crippen LogP contribution in [0.4, 0.5) is 0 Å². The second-order valence-electron chi connectivity index (χ2n) is 5.51. The van der Waals surface area contributed by atoms with Crippen LogP contribution in [0, 0.1) is 5.92 Å². The maximum absolute atomic E-state index is 12.2. The average Bonchev–Trinajstić information content (AvgIpc) is 2.86. The number of carboxylic acids is 1. The molecule has 1 atom stereocenters. The van der Waals surface area contributed by atoms with Gasteiger partial charge in [0.05, 0.1) is 5.56 Å². The smallest absolute Gasteiger partial charge is 0.303 e. The van der Waals surface area contributed by atoms with Crippen molar-refractivity contribution in [1.29, 1.82) is 0 Å². The SMILES string of the molecule is CC(CCC(=O)O)CNC(=O)c1csc2c1CCCC2. The Kier molecular flexibility index (Phi) is 5.17. The first-order chi connectivity index (χ1) is 9.58. The first-order valence-electron chi connectivity index (χ1n) is 7.17. The van der Waals surface area contributed by atoms with Crippen LogP contribution in [0.15, 0.2) is 5.38 Å². The van der Waals surface area contributed by atoms with Crippen LogP contribution in [0.3, 0.4) is 0 Å². The van der Waals surface area contributed by atoms with Crippen LogP contribution in [0.2, 0.25) is 0 Å². The number of carbonyl (C=O) groups excluding carboxylic acids is 1. The molecule has 0 spiro atoms. The van der Waals surface area contributed by atoms with Gasteiger partial charge in [0.2, 0.25) is 0 Å². The van der Waals surface area contributed by atoms with E-state index in [9.17, 15) is 9.59 Å². The van der Waals surface area contributed by atoms with Crippen molar-refractivity contribution in [3.8, 4) is 0 Å². The predicted molar refractivity (Wildman–Crippen MR) is 79.3 cm³/mol. The van der Waals surface area contributed by atoms with Gasteiger partial charge in [-0.2, -0.15) is 0 Å². The van der Waals surface area contributed by atoms with Crippen molar-refractivity contribution in [3.63, 3.8) is 0 Å². The summed E-state index contributed by atoms with van der Waals surface area (Å²) in [5.41, 5.74) is 2.06. The number of nitrogens with one attached hydrogen (secondary N) is 1. The first kappa shape index (κ1) is 15.0. The lowest BCUT2D eigenvalue weighted by Crippen LogP contribution is -2.29. The van der Waals surface area contributed by atoms with Gasteiger partial charge < -0.3 is 10.4 Å². The van der Waals surface area contributed by atoms with Crippen LogP contribution in [0.1, 0.15) is 53.4 Å². The standard InChI is InChI=1S/C15H21NO3S/c1-10(6-7-14(17)18)8-16-15(19)12-9-20-13-5-3-2-4-11(12)13/h9-10H,2-8H2,1H3,(H,16,19)(H,17,18). The third-order valence-corrected chi connectivity index (χ3v) is 4.86. The Hall–Kier alpha value is -1.36. The maximum Gasteiger partial charge on any atom is 0.303 e. The third kappa shape index (κ3) is 3.82. The molecule has 1 aromatic heterocycles. The summed E-state index contributed by atoms with van der Waals surface area (Å²) in [7, 11) is 0. The summed E-state index contributed by atoms with van der Waals surface area (Å²) in [6.07, 6.45) is 5.25. The molecule has 1 amide bonds. The van der Waals surface area contributed by atoms with Gasteiger partial charge in [-0.15, -0.1) is 11.3 Å². The van der Waals surface area contributed by atoms with E-state index in [4.69, 9.17) is 5.11 Å². The van der Waals surface area contributed by atoms with Gasteiger partial charge in [-0.1, -0.05) is 6.92 Å². The monoisotopic (exact) mass is 295 g/mol. The molecule has 20 heavy (non-hydrogen) atoms. The normalized spacial score (nSPS) is 15.4. The highest BCUT2D eigenvalue weighted by atomic mass is 32.1. The van der Waals surface area contributed by atoms with Gasteiger partial charge >= 0.3 is 5.97 Å². The van der Waals surface area contributed by atoms with Crippen LogP contribution >= 0.6 is 11.3 Å². The topological polar surface area (TPSA) is 66.4 Å². The fourth-order valence-corrected chi connectivity index (χ4v) is 3.64. The summed E-state index contributed by atoms with van der Waals surface area (Å²) < 4.78 is 0. The van der Waals surface area contributed by atoms with Crippen molar-refractivity contribution in [2.24, 2.45) is 5.92 Å². The number of aryl methyl sites for hydroxylation is 1. The number of carbonyl (C=O) groups is 2. The molecular weight excluding hydrogens is 274 g/mol. The molecule has 0 aliphatic heterocycles. The molecule has 0 aromatic carbocycles. The Bertz CT molecular complexity index is 495. The molecule has 1 aliphatic rings. The highest BCUT2D eigenvalue weighted by Crippen LogP contribution is 2.30. The summed E-state index contributed by atoms with van der Waals surface area (Å²) in [6, 6.07) is 0. The van der Waals surface area contributed by atoms with Crippen molar-refractivity contribution in [2.45, 2.75) is 45.4 Å². The van der Waals surface area contributed by atoms with Crippen LogP contribution in [-0.2, 0) is 17.6 Å². The van der Waals surface area contributed by atoms with E-state index in [1.54, 1.807) is 11.3 Å². The summed E-state index contributed by atoms with van der Waals surface area (Å²) in [4.78, 5) is 24.1. The number of thiophene rings is 1. The second kappa shape index (κ2) is 6.88. The van der Waals surface area contributed by atoms with Crippen molar-refractivity contribution < 1.29 is 14.7 Å². The van der Waals surface area contributed by atoms with Crippen LogP contribution in [0.25, 0.3) is 0 Å². The van der Waals surface area contributed by atoms with Gasteiger partial charge in [0.15, 0.2) is 0 Å². The van der Waals surface area contributed by atoms with E-state index in [0.717, 1.165) is 18.4 Å². The number of amides is 1. The molecule has 110 valence electrons. The largest absolute Gasteiger partial charge is 0.481 e. The Morgan fingerprint density at radius 3 is 2.90 bits per heavy atom. The molecule has 1 heterocycles. The lowest BCUT2D eigenvalue weighted by molar-refractivity contribution is -0.137. The number of hydrogen-bond acceptors (Lipinski definition) is 3. The Balaban J connectivity index is 1.86. The van der Waals surface area contributed by atoms with Crippen LogP contribution in [-0.4, -0.2) is 23.5 Å². The molecule has 0 radical (unpaired) electrons. The van der Waals surface area contributed by atoms with E-state index < -0.39 is 5.97 Å². The van der Waals surface area contributed by atoms with Crippen LogP contribution in [0.5, 0.6) is 0 Å². The lowest BCUT2D eigenvalue weighted by atomic mass is 9.95. The zero-order chi connectivity index (χ0) is 14.5. The fourth-order valence-electron chi connectivity index (χ4n) is 2.52. The summed E-state index contributed by atoms with van der Waals surface area (Å²) >= 11 is 1.69. The highest BCUT2D eigenvalue weighted by Gasteiger charge is 2.20. The van der Waals surface area contributed by atoms with Crippen molar-refractivity contribution in [3.05, 3.63) is 21.4 Å². The van der Waals surface area contributed by atoms with Crippen molar-refractivity contribution in [1.82, 2.24) is 5.32 Å². The minimum Gasteiger partial charge on any atom is -0.481 e. The minimum atomic E-state index is -0.782. The molecular formula is C15H21NO3S. The lowest BCUT2D eigenvalue weighted by Gasteiger charge is -2.14. The van der Waals surface area contributed by atoms with Gasteiger partial charge in [0.1, 0.15) is 0 Å². The summed E-state index contributed by atoms with van der Waals surface area (Å²) in [5.74, 6) is -0.605. The van der Waals surface area contributed by atoms with E-state index in [2.05, 4.69) is 5.32 Å². The summed E-state index contributed by atoms with van der Waals surface area (Å²) in [5, 5.41) is 13.5. The molecule has 0 saturated heterocycles. The zero-order valence-corrected chi connectivity index (χ0v) is 12.6. The number of rotatable bonds is 6. The minimum absolute atomic E-state index is 0.00780. The third-order valence-electron chi connectivity index (χ3n) is 3.77. The predicted octanol–water partition coefficient (Wildman–Crippen LogP) is 2.86. The molecule has 2 rings (SSSR count).